The molecule has 0 saturated heterocycles. The van der Waals surface area contributed by atoms with Gasteiger partial charge in [-0.1, -0.05) is 22.0 Å². The Morgan fingerprint density at radius 3 is 2.44 bits per heavy atom. The number of anilines is 2. The Bertz CT molecular complexity index is 857. The van der Waals surface area contributed by atoms with E-state index in [2.05, 4.69) is 26.6 Å². The lowest BCUT2D eigenvalue weighted by atomic mass is 10.2. The Morgan fingerprint density at radius 2 is 1.81 bits per heavy atom. The van der Waals surface area contributed by atoms with Crippen molar-refractivity contribution >= 4 is 39.1 Å². The van der Waals surface area contributed by atoms with Gasteiger partial charge >= 0.3 is 0 Å². The van der Waals surface area contributed by atoms with E-state index in [1.807, 2.05) is 25.1 Å². The number of hydrogen-bond donors (Lipinski definition) is 2. The molecule has 0 heterocycles. The van der Waals surface area contributed by atoms with Gasteiger partial charge in [-0.15, -0.1) is 0 Å². The van der Waals surface area contributed by atoms with Crippen molar-refractivity contribution in [2.45, 2.75) is 26.8 Å². The molecule has 2 amide bonds. The smallest absolute Gasteiger partial charge is 0.241 e. The third-order valence-electron chi connectivity index (χ3n) is 4.34. The van der Waals surface area contributed by atoms with Crippen LogP contribution >= 0.6 is 15.9 Å². The van der Waals surface area contributed by atoms with Crippen LogP contribution in [0.3, 0.4) is 0 Å². The summed E-state index contributed by atoms with van der Waals surface area (Å²) in [6, 6.07) is 9.55. The van der Waals surface area contributed by atoms with Crippen molar-refractivity contribution in [1.29, 1.82) is 0 Å². The molecule has 144 valence electrons. The zero-order chi connectivity index (χ0) is 20.1. The Labute approximate surface area is 167 Å². The highest BCUT2D eigenvalue weighted by Crippen LogP contribution is 2.20. The lowest BCUT2D eigenvalue weighted by molar-refractivity contribution is -0.122. The summed E-state index contributed by atoms with van der Waals surface area (Å²) in [7, 11) is 1.69. The molecule has 5 nitrogen and oxygen atoms in total. The van der Waals surface area contributed by atoms with Crippen molar-refractivity contribution in [3.63, 3.8) is 0 Å². The first-order valence-corrected chi connectivity index (χ1v) is 9.30. The monoisotopic (exact) mass is 435 g/mol. The van der Waals surface area contributed by atoms with E-state index in [9.17, 15) is 14.0 Å². The topological polar surface area (TPSA) is 61.4 Å². The van der Waals surface area contributed by atoms with E-state index >= 15 is 0 Å². The zero-order valence-corrected chi connectivity index (χ0v) is 17.4. The third-order valence-corrected chi connectivity index (χ3v) is 4.83. The molecule has 2 rings (SSSR count). The summed E-state index contributed by atoms with van der Waals surface area (Å²) >= 11 is 3.38. The van der Waals surface area contributed by atoms with Gasteiger partial charge in [-0.3, -0.25) is 14.5 Å². The van der Waals surface area contributed by atoms with Crippen LogP contribution in [0.1, 0.15) is 18.1 Å². The fourth-order valence-corrected chi connectivity index (χ4v) is 2.91. The number of nitrogens with one attached hydrogen (secondary N) is 2. The zero-order valence-electron chi connectivity index (χ0n) is 15.8. The Hall–Kier alpha value is -2.25. The van der Waals surface area contributed by atoms with Crippen LogP contribution in [0.15, 0.2) is 40.9 Å². The van der Waals surface area contributed by atoms with E-state index in [-0.39, 0.29) is 24.2 Å². The van der Waals surface area contributed by atoms with Gasteiger partial charge < -0.3 is 10.6 Å². The number of rotatable bonds is 6. The summed E-state index contributed by atoms with van der Waals surface area (Å²) in [6.07, 6.45) is 0. The molecule has 0 radical (unpaired) electrons. The summed E-state index contributed by atoms with van der Waals surface area (Å²) in [5.74, 6) is -0.907. The molecule has 0 aliphatic rings. The normalized spacial score (nSPS) is 12.0. The van der Waals surface area contributed by atoms with E-state index in [0.29, 0.717) is 11.3 Å². The third kappa shape index (κ3) is 5.87. The molecule has 27 heavy (non-hydrogen) atoms. The fraction of sp³-hybridized carbons (Fsp3) is 0.300. The van der Waals surface area contributed by atoms with Gasteiger partial charge in [0.15, 0.2) is 0 Å². The summed E-state index contributed by atoms with van der Waals surface area (Å²) in [5, 5.41) is 5.51. The first-order valence-electron chi connectivity index (χ1n) is 8.50. The molecule has 0 fully saturated rings. The SMILES string of the molecule is Cc1ccc(NC(=O)C(C)N(C)CC(=O)Nc2ccc(Br)cc2C)cc1F. The van der Waals surface area contributed by atoms with E-state index in [0.717, 1.165) is 15.7 Å². The Balaban J connectivity index is 1.93. The molecule has 0 aliphatic carbocycles. The average Bonchev–Trinajstić information content (AvgIpc) is 2.59. The second-order valence-corrected chi connectivity index (χ2v) is 7.47. The number of halogens is 2. The van der Waals surface area contributed by atoms with Gasteiger partial charge in [-0.05, 0) is 69.3 Å². The fourth-order valence-electron chi connectivity index (χ4n) is 2.44. The van der Waals surface area contributed by atoms with Crippen LogP contribution in [-0.4, -0.2) is 36.3 Å². The Morgan fingerprint density at radius 1 is 1.11 bits per heavy atom. The molecule has 2 aromatic carbocycles. The maximum atomic E-state index is 13.6. The maximum Gasteiger partial charge on any atom is 0.241 e. The number of likely N-dealkylation sites (N-methyl/N-ethyl adjacent to an activating group) is 1. The molecule has 2 N–H and O–H groups in total. The van der Waals surface area contributed by atoms with E-state index in [1.54, 1.807) is 37.9 Å². The number of benzene rings is 2. The average molecular weight is 436 g/mol. The highest BCUT2D eigenvalue weighted by molar-refractivity contribution is 9.10. The van der Waals surface area contributed by atoms with Gasteiger partial charge in [0, 0.05) is 15.8 Å². The molecular formula is C20H23BrFN3O2. The van der Waals surface area contributed by atoms with Crippen molar-refractivity contribution in [3.8, 4) is 0 Å². The minimum absolute atomic E-state index is 0.0480. The highest BCUT2D eigenvalue weighted by atomic mass is 79.9. The van der Waals surface area contributed by atoms with Crippen LogP contribution in [-0.2, 0) is 9.59 Å². The molecule has 0 bridgehead atoms. The number of carbonyl (C=O) groups excluding carboxylic acids is 2. The Kier molecular flexibility index (Phi) is 7.10. The molecule has 0 aromatic heterocycles. The predicted octanol–water partition coefficient (Wildman–Crippen LogP) is 4.10. The van der Waals surface area contributed by atoms with Gasteiger partial charge in [0.1, 0.15) is 5.82 Å². The summed E-state index contributed by atoms with van der Waals surface area (Å²) in [6.45, 7) is 5.30. The maximum absolute atomic E-state index is 13.6. The molecule has 1 unspecified atom stereocenters. The first kappa shape index (κ1) is 21.1. The first-order chi connectivity index (χ1) is 12.7. The quantitative estimate of drug-likeness (QED) is 0.717. The molecule has 1 atom stereocenters. The molecule has 2 aromatic rings. The van der Waals surface area contributed by atoms with Crippen LogP contribution in [0.4, 0.5) is 15.8 Å². The second-order valence-electron chi connectivity index (χ2n) is 6.55. The highest BCUT2D eigenvalue weighted by Gasteiger charge is 2.20. The lowest BCUT2D eigenvalue weighted by Crippen LogP contribution is -2.43. The lowest BCUT2D eigenvalue weighted by Gasteiger charge is -2.23. The number of nitrogens with zero attached hydrogens (tertiary/aromatic N) is 1. The van der Waals surface area contributed by atoms with E-state index in [4.69, 9.17) is 0 Å². The number of hydrogen-bond acceptors (Lipinski definition) is 3. The van der Waals surface area contributed by atoms with Crippen LogP contribution in [0.5, 0.6) is 0 Å². The van der Waals surface area contributed by atoms with Crippen LogP contribution < -0.4 is 10.6 Å². The number of aryl methyl sites for hydroxylation is 2. The predicted molar refractivity (Wildman–Crippen MR) is 109 cm³/mol. The minimum atomic E-state index is -0.564. The molecule has 0 saturated carbocycles. The second kappa shape index (κ2) is 9.10. The summed E-state index contributed by atoms with van der Waals surface area (Å²) in [5.41, 5.74) is 2.56. The summed E-state index contributed by atoms with van der Waals surface area (Å²) in [4.78, 5) is 26.3. The van der Waals surface area contributed by atoms with Crippen molar-refractivity contribution in [2.75, 3.05) is 24.2 Å². The molecule has 7 heteroatoms. The van der Waals surface area contributed by atoms with E-state index < -0.39 is 6.04 Å². The number of amides is 2. The van der Waals surface area contributed by atoms with Crippen molar-refractivity contribution in [2.24, 2.45) is 0 Å². The summed E-state index contributed by atoms with van der Waals surface area (Å²) < 4.78 is 14.5. The van der Waals surface area contributed by atoms with Gasteiger partial charge in [0.05, 0.1) is 12.6 Å². The van der Waals surface area contributed by atoms with Crippen LogP contribution in [0.2, 0.25) is 0 Å². The molecule has 0 aliphatic heterocycles. The van der Waals surface area contributed by atoms with Crippen molar-refractivity contribution < 1.29 is 14.0 Å². The standard InChI is InChI=1S/C20H23BrFN3O2/c1-12-5-7-16(10-17(12)22)23-20(27)14(3)25(4)11-19(26)24-18-8-6-15(21)9-13(18)2/h5-10,14H,11H2,1-4H3,(H,23,27)(H,24,26). The van der Waals surface area contributed by atoms with Crippen LogP contribution in [0.25, 0.3) is 0 Å². The van der Waals surface area contributed by atoms with Gasteiger partial charge in [0.2, 0.25) is 11.8 Å². The van der Waals surface area contributed by atoms with Crippen molar-refractivity contribution in [1.82, 2.24) is 4.90 Å². The molecule has 0 spiro atoms. The largest absolute Gasteiger partial charge is 0.325 e. The van der Waals surface area contributed by atoms with Crippen molar-refractivity contribution in [3.05, 3.63) is 57.8 Å². The van der Waals surface area contributed by atoms with Gasteiger partial charge in [-0.25, -0.2) is 4.39 Å². The van der Waals surface area contributed by atoms with E-state index in [1.165, 1.54) is 6.07 Å². The van der Waals surface area contributed by atoms with Gasteiger partial charge in [-0.2, -0.15) is 0 Å². The van der Waals surface area contributed by atoms with Crippen LogP contribution in [0, 0.1) is 19.7 Å². The minimum Gasteiger partial charge on any atom is -0.325 e. The van der Waals surface area contributed by atoms with Gasteiger partial charge in [0.25, 0.3) is 0 Å². The molecular weight excluding hydrogens is 413 g/mol. The number of carbonyl (C=O) groups is 2.